The standard InChI is InChI=1S/C12H15N3OS/c1-8(13-2)10-7-15-12(17-10)9-4-5-11(16-3)14-6-9/h4-8,13H,1-3H3. The fourth-order valence-corrected chi connectivity index (χ4v) is 2.36. The van der Waals surface area contributed by atoms with Crippen LogP contribution in [0.25, 0.3) is 10.6 Å². The van der Waals surface area contributed by atoms with Crippen LogP contribution in [0, 0.1) is 0 Å². The van der Waals surface area contributed by atoms with Crippen LogP contribution in [0.15, 0.2) is 24.5 Å². The fraction of sp³-hybridized carbons (Fsp3) is 0.333. The van der Waals surface area contributed by atoms with E-state index in [0.29, 0.717) is 11.9 Å². The summed E-state index contributed by atoms with van der Waals surface area (Å²) >= 11 is 1.68. The minimum atomic E-state index is 0.326. The number of rotatable bonds is 4. The van der Waals surface area contributed by atoms with Crippen LogP contribution in [0.5, 0.6) is 5.88 Å². The topological polar surface area (TPSA) is 47.0 Å². The molecule has 2 heterocycles. The van der Waals surface area contributed by atoms with Gasteiger partial charge >= 0.3 is 0 Å². The molecule has 1 atom stereocenters. The summed E-state index contributed by atoms with van der Waals surface area (Å²) in [6, 6.07) is 4.14. The van der Waals surface area contributed by atoms with Gasteiger partial charge in [-0.3, -0.25) is 0 Å². The lowest BCUT2D eigenvalue weighted by Crippen LogP contribution is -2.10. The van der Waals surface area contributed by atoms with Crippen molar-refractivity contribution in [1.29, 1.82) is 0 Å². The van der Waals surface area contributed by atoms with Crippen molar-refractivity contribution in [3.8, 4) is 16.5 Å². The average Bonchev–Trinajstić information content (AvgIpc) is 2.87. The van der Waals surface area contributed by atoms with Crippen molar-refractivity contribution in [2.24, 2.45) is 0 Å². The molecule has 0 bridgehead atoms. The fourth-order valence-electron chi connectivity index (χ4n) is 1.39. The maximum absolute atomic E-state index is 5.03. The molecule has 0 aliphatic carbocycles. The van der Waals surface area contributed by atoms with E-state index in [2.05, 4.69) is 22.2 Å². The number of ether oxygens (including phenoxy) is 1. The molecule has 2 aromatic rings. The largest absolute Gasteiger partial charge is 0.481 e. The van der Waals surface area contributed by atoms with Crippen molar-refractivity contribution in [2.75, 3.05) is 14.2 Å². The van der Waals surface area contributed by atoms with Gasteiger partial charge in [0.1, 0.15) is 5.01 Å². The molecule has 0 saturated carbocycles. The Balaban J connectivity index is 2.24. The third-order valence-electron chi connectivity index (χ3n) is 2.58. The minimum Gasteiger partial charge on any atom is -0.481 e. The van der Waals surface area contributed by atoms with E-state index in [1.807, 2.05) is 25.4 Å². The molecule has 4 nitrogen and oxygen atoms in total. The summed E-state index contributed by atoms with van der Waals surface area (Å²) in [6.45, 7) is 2.11. The lowest BCUT2D eigenvalue weighted by molar-refractivity contribution is 0.398. The number of nitrogens with one attached hydrogen (secondary N) is 1. The number of nitrogens with zero attached hydrogens (tertiary/aromatic N) is 2. The monoisotopic (exact) mass is 249 g/mol. The second-order valence-electron chi connectivity index (χ2n) is 3.67. The first-order valence-electron chi connectivity index (χ1n) is 5.38. The smallest absolute Gasteiger partial charge is 0.212 e. The second-order valence-corrected chi connectivity index (χ2v) is 4.73. The molecule has 0 aliphatic rings. The van der Waals surface area contributed by atoms with E-state index in [-0.39, 0.29) is 0 Å². The van der Waals surface area contributed by atoms with Gasteiger partial charge in [0.05, 0.1) is 7.11 Å². The zero-order valence-corrected chi connectivity index (χ0v) is 10.9. The van der Waals surface area contributed by atoms with Gasteiger partial charge in [0.25, 0.3) is 0 Å². The Kier molecular flexibility index (Phi) is 3.71. The van der Waals surface area contributed by atoms with Crippen molar-refractivity contribution in [2.45, 2.75) is 13.0 Å². The van der Waals surface area contributed by atoms with Crippen LogP contribution in [0.4, 0.5) is 0 Å². The Morgan fingerprint density at radius 2 is 2.12 bits per heavy atom. The Morgan fingerprint density at radius 3 is 2.71 bits per heavy atom. The van der Waals surface area contributed by atoms with Crippen LogP contribution in [0.1, 0.15) is 17.8 Å². The quantitative estimate of drug-likeness (QED) is 0.904. The predicted octanol–water partition coefficient (Wildman–Crippen LogP) is 2.49. The number of aromatic nitrogens is 2. The highest BCUT2D eigenvalue weighted by atomic mass is 32.1. The molecular weight excluding hydrogens is 234 g/mol. The van der Waals surface area contributed by atoms with Gasteiger partial charge in [-0.05, 0) is 20.0 Å². The summed E-state index contributed by atoms with van der Waals surface area (Å²) in [5, 5.41) is 4.18. The van der Waals surface area contributed by atoms with E-state index < -0.39 is 0 Å². The third kappa shape index (κ3) is 2.62. The van der Waals surface area contributed by atoms with Crippen molar-refractivity contribution >= 4 is 11.3 Å². The molecule has 1 N–H and O–H groups in total. The van der Waals surface area contributed by atoms with Gasteiger partial charge in [-0.25, -0.2) is 9.97 Å². The first-order chi connectivity index (χ1) is 8.24. The SMILES string of the molecule is CNC(C)c1cnc(-c2ccc(OC)nc2)s1. The number of methoxy groups -OCH3 is 1. The molecule has 1 unspecified atom stereocenters. The molecule has 0 amide bonds. The Bertz CT molecular complexity index is 481. The van der Waals surface area contributed by atoms with Crippen LogP contribution in [0.2, 0.25) is 0 Å². The van der Waals surface area contributed by atoms with Gasteiger partial charge in [0.15, 0.2) is 0 Å². The summed E-state index contributed by atoms with van der Waals surface area (Å²) in [4.78, 5) is 9.81. The molecule has 2 rings (SSSR count). The number of thiazole rings is 1. The lowest BCUT2D eigenvalue weighted by atomic mass is 10.3. The summed E-state index contributed by atoms with van der Waals surface area (Å²) in [6.07, 6.45) is 3.69. The van der Waals surface area contributed by atoms with E-state index in [9.17, 15) is 0 Å². The Labute approximate surface area is 105 Å². The van der Waals surface area contributed by atoms with Crippen LogP contribution in [-0.4, -0.2) is 24.1 Å². The highest BCUT2D eigenvalue weighted by Gasteiger charge is 2.09. The minimum absolute atomic E-state index is 0.326. The highest BCUT2D eigenvalue weighted by Crippen LogP contribution is 2.28. The Morgan fingerprint density at radius 1 is 1.29 bits per heavy atom. The van der Waals surface area contributed by atoms with E-state index >= 15 is 0 Å². The van der Waals surface area contributed by atoms with E-state index in [4.69, 9.17) is 4.74 Å². The molecule has 0 fully saturated rings. The molecule has 0 radical (unpaired) electrons. The molecule has 17 heavy (non-hydrogen) atoms. The summed E-state index contributed by atoms with van der Waals surface area (Å²) < 4.78 is 5.03. The first-order valence-corrected chi connectivity index (χ1v) is 6.19. The molecule has 5 heteroatoms. The van der Waals surface area contributed by atoms with Gasteiger partial charge in [-0.2, -0.15) is 0 Å². The van der Waals surface area contributed by atoms with Gasteiger partial charge in [0, 0.05) is 34.9 Å². The van der Waals surface area contributed by atoms with E-state index in [0.717, 1.165) is 10.6 Å². The van der Waals surface area contributed by atoms with Crippen molar-refractivity contribution < 1.29 is 4.74 Å². The summed E-state index contributed by atoms with van der Waals surface area (Å²) in [5.41, 5.74) is 1.02. The molecule has 0 spiro atoms. The maximum Gasteiger partial charge on any atom is 0.212 e. The van der Waals surface area contributed by atoms with Gasteiger partial charge in [0.2, 0.25) is 5.88 Å². The van der Waals surface area contributed by atoms with Crippen LogP contribution < -0.4 is 10.1 Å². The number of hydrogen-bond acceptors (Lipinski definition) is 5. The first kappa shape index (κ1) is 12.0. The van der Waals surface area contributed by atoms with Gasteiger partial charge in [-0.1, -0.05) is 0 Å². The summed E-state index contributed by atoms with van der Waals surface area (Å²) in [7, 11) is 3.55. The zero-order valence-electron chi connectivity index (χ0n) is 10.1. The predicted molar refractivity (Wildman–Crippen MR) is 69.4 cm³/mol. The van der Waals surface area contributed by atoms with Crippen molar-refractivity contribution in [3.63, 3.8) is 0 Å². The highest BCUT2D eigenvalue weighted by molar-refractivity contribution is 7.15. The Hall–Kier alpha value is -1.46. The van der Waals surface area contributed by atoms with Crippen molar-refractivity contribution in [1.82, 2.24) is 15.3 Å². The second kappa shape index (κ2) is 5.25. The van der Waals surface area contributed by atoms with E-state index in [1.165, 1.54) is 4.88 Å². The lowest BCUT2D eigenvalue weighted by Gasteiger charge is -2.04. The molecule has 2 aromatic heterocycles. The van der Waals surface area contributed by atoms with Crippen molar-refractivity contribution in [3.05, 3.63) is 29.4 Å². The van der Waals surface area contributed by atoms with Crippen LogP contribution >= 0.6 is 11.3 Å². The van der Waals surface area contributed by atoms with E-state index in [1.54, 1.807) is 24.6 Å². The normalized spacial score (nSPS) is 12.4. The van der Waals surface area contributed by atoms with Gasteiger partial charge < -0.3 is 10.1 Å². The summed E-state index contributed by atoms with van der Waals surface area (Å²) in [5.74, 6) is 0.620. The molecule has 0 saturated heterocycles. The van der Waals surface area contributed by atoms with Gasteiger partial charge in [-0.15, -0.1) is 11.3 Å². The molecular formula is C12H15N3OS. The third-order valence-corrected chi connectivity index (χ3v) is 3.80. The molecule has 0 aliphatic heterocycles. The zero-order chi connectivity index (χ0) is 12.3. The molecule has 90 valence electrons. The van der Waals surface area contributed by atoms with Crippen LogP contribution in [-0.2, 0) is 0 Å². The maximum atomic E-state index is 5.03. The average molecular weight is 249 g/mol. The van der Waals surface area contributed by atoms with Crippen LogP contribution in [0.3, 0.4) is 0 Å². The number of hydrogen-bond donors (Lipinski definition) is 1. The molecule has 0 aromatic carbocycles. The number of pyridine rings is 1.